The molecule has 1 aliphatic heterocycles. The van der Waals surface area contributed by atoms with Crippen LogP contribution in [0.25, 0.3) is 10.9 Å². The Balaban J connectivity index is 1.30. The van der Waals surface area contributed by atoms with Gasteiger partial charge in [-0.3, -0.25) is 9.78 Å². The standard InChI is InChI=1S/C31H33N3O4/c1-6-21-16-26(24-8-7-14-32-27(24)17-21)31(12-13-31)33-28(35)25-18-23(10-9-20(25)2)37-19-22-11-15-34(22)29(36)38-30(3,4)5/h1,7-10,14,16-18,22H,11-13,15,19H2,2-5H3,(H,33,35)/t22-/m0/s1. The van der Waals surface area contributed by atoms with E-state index in [-0.39, 0.29) is 18.0 Å². The largest absolute Gasteiger partial charge is 0.491 e. The van der Waals surface area contributed by atoms with Gasteiger partial charge in [-0.2, -0.15) is 0 Å². The maximum Gasteiger partial charge on any atom is 0.410 e. The molecule has 0 spiro atoms. The van der Waals surface area contributed by atoms with E-state index in [4.69, 9.17) is 15.9 Å². The molecule has 2 aliphatic rings. The second-order valence-electron chi connectivity index (χ2n) is 11.2. The van der Waals surface area contributed by atoms with Crippen molar-refractivity contribution < 1.29 is 19.1 Å². The molecule has 5 rings (SSSR count). The number of aryl methyl sites for hydroxylation is 1. The molecular weight excluding hydrogens is 478 g/mol. The van der Waals surface area contributed by atoms with Crippen molar-refractivity contribution in [3.8, 4) is 18.1 Å². The molecule has 0 bridgehead atoms. The second-order valence-corrected chi connectivity index (χ2v) is 11.2. The molecule has 7 nitrogen and oxygen atoms in total. The van der Waals surface area contributed by atoms with Crippen molar-refractivity contribution in [3.63, 3.8) is 0 Å². The molecule has 2 heterocycles. The Morgan fingerprint density at radius 1 is 1.21 bits per heavy atom. The number of ether oxygens (including phenoxy) is 2. The van der Waals surface area contributed by atoms with E-state index in [1.54, 1.807) is 17.2 Å². The van der Waals surface area contributed by atoms with Crippen molar-refractivity contribution in [2.75, 3.05) is 13.2 Å². The molecule has 3 aromatic rings. The number of carbonyl (C=O) groups excluding carboxylic acids is 2. The lowest BCUT2D eigenvalue weighted by molar-refractivity contribution is -0.0141. The third kappa shape index (κ3) is 5.17. The van der Waals surface area contributed by atoms with Crippen molar-refractivity contribution in [1.82, 2.24) is 15.2 Å². The molecule has 196 valence electrons. The minimum absolute atomic E-state index is 0.0523. The number of terminal acetylenes is 1. The van der Waals surface area contributed by atoms with E-state index in [9.17, 15) is 9.59 Å². The van der Waals surface area contributed by atoms with E-state index in [2.05, 4.69) is 16.2 Å². The molecule has 1 saturated carbocycles. The number of nitrogens with one attached hydrogen (secondary N) is 1. The number of nitrogens with zero attached hydrogens (tertiary/aromatic N) is 2. The lowest BCUT2D eigenvalue weighted by Crippen LogP contribution is -2.55. The van der Waals surface area contributed by atoms with Crippen LogP contribution in [0.3, 0.4) is 0 Å². The predicted molar refractivity (Wildman–Crippen MR) is 146 cm³/mol. The smallest absolute Gasteiger partial charge is 0.410 e. The minimum atomic E-state index is -0.541. The van der Waals surface area contributed by atoms with E-state index in [0.717, 1.165) is 46.9 Å². The summed E-state index contributed by atoms with van der Waals surface area (Å²) in [5.41, 5.74) is 2.96. The lowest BCUT2D eigenvalue weighted by atomic mass is 9.96. The van der Waals surface area contributed by atoms with Crippen LogP contribution >= 0.6 is 0 Å². The Morgan fingerprint density at radius 3 is 2.66 bits per heavy atom. The fraction of sp³-hybridized carbons (Fsp3) is 0.387. The number of amides is 2. The van der Waals surface area contributed by atoms with Crippen LogP contribution in [0.1, 0.15) is 67.1 Å². The summed E-state index contributed by atoms with van der Waals surface area (Å²) in [7, 11) is 0. The zero-order chi connectivity index (χ0) is 27.1. The van der Waals surface area contributed by atoms with E-state index in [1.807, 2.05) is 64.1 Å². The van der Waals surface area contributed by atoms with Crippen LogP contribution in [-0.2, 0) is 10.3 Å². The van der Waals surface area contributed by atoms with Crippen LogP contribution in [0.15, 0.2) is 48.7 Å². The average molecular weight is 512 g/mol. The quantitative estimate of drug-likeness (QED) is 0.453. The molecule has 1 aliphatic carbocycles. The first-order valence-electron chi connectivity index (χ1n) is 13.0. The Morgan fingerprint density at radius 2 is 2.00 bits per heavy atom. The van der Waals surface area contributed by atoms with Crippen molar-refractivity contribution in [2.24, 2.45) is 0 Å². The van der Waals surface area contributed by atoms with Crippen molar-refractivity contribution in [1.29, 1.82) is 0 Å². The molecule has 1 aromatic heterocycles. The molecule has 0 radical (unpaired) electrons. The number of rotatable bonds is 6. The zero-order valence-corrected chi connectivity index (χ0v) is 22.3. The molecule has 2 fully saturated rings. The summed E-state index contributed by atoms with van der Waals surface area (Å²) in [6.07, 6.45) is 9.63. The SMILES string of the molecule is C#Cc1cc(C2(NC(=O)c3cc(OC[C@@H]4CCN4C(=O)OC(C)(C)C)ccc3C)CC2)c2cccnc2c1. The molecule has 1 N–H and O–H groups in total. The number of aromatic nitrogens is 1. The van der Waals surface area contributed by atoms with Gasteiger partial charge in [0.25, 0.3) is 5.91 Å². The number of benzene rings is 2. The predicted octanol–water partition coefficient (Wildman–Crippen LogP) is 5.33. The first-order valence-corrected chi connectivity index (χ1v) is 13.0. The van der Waals surface area contributed by atoms with E-state index >= 15 is 0 Å². The van der Waals surface area contributed by atoms with Gasteiger partial charge in [0.2, 0.25) is 0 Å². The van der Waals surface area contributed by atoms with Crippen LogP contribution in [0.4, 0.5) is 4.79 Å². The molecule has 7 heteroatoms. The highest BCUT2D eigenvalue weighted by Crippen LogP contribution is 2.48. The van der Waals surface area contributed by atoms with Gasteiger partial charge >= 0.3 is 6.09 Å². The van der Waals surface area contributed by atoms with Gasteiger partial charge in [0.15, 0.2) is 0 Å². The van der Waals surface area contributed by atoms with E-state index < -0.39 is 11.1 Å². The maximum atomic E-state index is 13.5. The number of fused-ring (bicyclic) bond motifs is 1. The van der Waals surface area contributed by atoms with Gasteiger partial charge < -0.3 is 19.7 Å². The Hall–Kier alpha value is -4.05. The number of hydrogen-bond acceptors (Lipinski definition) is 5. The molecule has 0 unspecified atom stereocenters. The monoisotopic (exact) mass is 511 g/mol. The third-order valence-corrected chi connectivity index (χ3v) is 7.17. The molecular formula is C31H33N3O4. The van der Waals surface area contributed by atoms with Gasteiger partial charge in [0.05, 0.1) is 17.1 Å². The third-order valence-electron chi connectivity index (χ3n) is 7.17. The van der Waals surface area contributed by atoms with Gasteiger partial charge in [-0.25, -0.2) is 4.79 Å². The van der Waals surface area contributed by atoms with Crippen molar-refractivity contribution in [2.45, 2.75) is 64.1 Å². The average Bonchev–Trinajstić information content (AvgIpc) is 3.62. The first kappa shape index (κ1) is 25.6. The topological polar surface area (TPSA) is 80.8 Å². The first-order chi connectivity index (χ1) is 18.1. The number of carbonyl (C=O) groups is 2. The van der Waals surface area contributed by atoms with Crippen LogP contribution in [0.5, 0.6) is 5.75 Å². The maximum absolute atomic E-state index is 13.5. The summed E-state index contributed by atoms with van der Waals surface area (Å²) in [5.74, 6) is 3.14. The normalized spacial score (nSPS) is 17.8. The fourth-order valence-corrected chi connectivity index (χ4v) is 4.84. The highest BCUT2D eigenvalue weighted by Gasteiger charge is 2.47. The van der Waals surface area contributed by atoms with E-state index in [1.165, 1.54) is 0 Å². The lowest BCUT2D eigenvalue weighted by Gasteiger charge is -2.41. The molecule has 38 heavy (non-hydrogen) atoms. The summed E-state index contributed by atoms with van der Waals surface area (Å²) in [4.78, 5) is 32.1. The second kappa shape index (κ2) is 9.68. The van der Waals surface area contributed by atoms with Gasteiger partial charge in [-0.1, -0.05) is 18.1 Å². The van der Waals surface area contributed by atoms with Crippen LogP contribution < -0.4 is 10.1 Å². The van der Waals surface area contributed by atoms with Gasteiger partial charge in [-0.05, 0) is 88.4 Å². The van der Waals surface area contributed by atoms with E-state index in [0.29, 0.717) is 24.5 Å². The van der Waals surface area contributed by atoms with Crippen molar-refractivity contribution in [3.05, 3.63) is 70.9 Å². The molecule has 2 amide bonds. The molecule has 1 atom stereocenters. The van der Waals surface area contributed by atoms with Gasteiger partial charge in [0, 0.05) is 29.3 Å². The highest BCUT2D eigenvalue weighted by molar-refractivity contribution is 5.97. The van der Waals surface area contributed by atoms with Gasteiger partial charge in [0.1, 0.15) is 18.0 Å². The summed E-state index contributed by atoms with van der Waals surface area (Å²) in [5, 5.41) is 4.28. The number of likely N-dealkylation sites (tertiary alicyclic amines) is 1. The summed E-state index contributed by atoms with van der Waals surface area (Å²) >= 11 is 0. The number of pyridine rings is 1. The van der Waals surface area contributed by atoms with Crippen LogP contribution in [0.2, 0.25) is 0 Å². The number of hydrogen-bond donors (Lipinski definition) is 1. The molecule has 1 saturated heterocycles. The molecule has 2 aromatic carbocycles. The Kier molecular flexibility index (Phi) is 6.52. The zero-order valence-electron chi connectivity index (χ0n) is 22.3. The minimum Gasteiger partial charge on any atom is -0.491 e. The Bertz CT molecular complexity index is 1450. The summed E-state index contributed by atoms with van der Waals surface area (Å²) in [6, 6.07) is 13.3. The van der Waals surface area contributed by atoms with Crippen molar-refractivity contribution >= 4 is 22.9 Å². The van der Waals surface area contributed by atoms with Crippen LogP contribution in [-0.4, -0.2) is 46.7 Å². The van der Waals surface area contributed by atoms with Crippen LogP contribution in [0, 0.1) is 19.3 Å². The summed E-state index contributed by atoms with van der Waals surface area (Å²) in [6.45, 7) is 8.46. The van der Waals surface area contributed by atoms with Gasteiger partial charge in [-0.15, -0.1) is 6.42 Å². The fourth-order valence-electron chi connectivity index (χ4n) is 4.84. The summed E-state index contributed by atoms with van der Waals surface area (Å²) < 4.78 is 11.5. The Labute approximate surface area is 223 Å². The highest BCUT2D eigenvalue weighted by atomic mass is 16.6.